The quantitative estimate of drug-likeness (QED) is 0.837. The summed E-state index contributed by atoms with van der Waals surface area (Å²) in [6.07, 6.45) is 5.35. The van der Waals surface area contributed by atoms with Crippen LogP contribution in [-0.2, 0) is 6.42 Å². The van der Waals surface area contributed by atoms with Crippen LogP contribution in [0.3, 0.4) is 0 Å². The fraction of sp³-hybridized carbons (Fsp3) is 0.615. The van der Waals surface area contributed by atoms with Crippen molar-refractivity contribution in [1.82, 2.24) is 5.32 Å². The summed E-state index contributed by atoms with van der Waals surface area (Å²) in [6, 6.07) is 4.08. The SMILES string of the molecule is CCc1ccc(C(=O)NC2CCCCC2Cl)s1. The van der Waals surface area contributed by atoms with Gasteiger partial charge in [0.05, 0.1) is 10.3 Å². The van der Waals surface area contributed by atoms with Gasteiger partial charge in [0.1, 0.15) is 0 Å². The minimum atomic E-state index is 0.0345. The van der Waals surface area contributed by atoms with E-state index >= 15 is 0 Å². The first-order valence-electron chi connectivity index (χ1n) is 6.24. The lowest BCUT2D eigenvalue weighted by molar-refractivity contribution is 0.0933. The summed E-state index contributed by atoms with van der Waals surface area (Å²) < 4.78 is 0. The molecule has 1 saturated carbocycles. The molecule has 1 aromatic rings. The van der Waals surface area contributed by atoms with Gasteiger partial charge < -0.3 is 5.32 Å². The van der Waals surface area contributed by atoms with E-state index in [2.05, 4.69) is 12.2 Å². The van der Waals surface area contributed by atoms with Crippen molar-refractivity contribution in [2.75, 3.05) is 0 Å². The molecule has 0 aliphatic heterocycles. The summed E-state index contributed by atoms with van der Waals surface area (Å²) in [5, 5.41) is 3.16. The highest BCUT2D eigenvalue weighted by Crippen LogP contribution is 2.24. The Morgan fingerprint density at radius 1 is 1.47 bits per heavy atom. The molecule has 2 nitrogen and oxygen atoms in total. The van der Waals surface area contributed by atoms with Crippen molar-refractivity contribution in [3.8, 4) is 0 Å². The Balaban J connectivity index is 1.96. The molecule has 2 unspecified atom stereocenters. The molecule has 1 heterocycles. The van der Waals surface area contributed by atoms with Gasteiger partial charge in [0.15, 0.2) is 0 Å². The number of hydrogen-bond acceptors (Lipinski definition) is 2. The summed E-state index contributed by atoms with van der Waals surface area (Å²) in [6.45, 7) is 2.10. The summed E-state index contributed by atoms with van der Waals surface area (Å²) in [7, 11) is 0. The van der Waals surface area contributed by atoms with E-state index in [1.165, 1.54) is 17.7 Å². The van der Waals surface area contributed by atoms with Crippen LogP contribution >= 0.6 is 22.9 Å². The van der Waals surface area contributed by atoms with E-state index < -0.39 is 0 Å². The van der Waals surface area contributed by atoms with E-state index in [0.717, 1.165) is 24.1 Å². The lowest BCUT2D eigenvalue weighted by Crippen LogP contribution is -2.42. The Kier molecular flexibility index (Phi) is 4.46. The Bertz CT molecular complexity index is 391. The van der Waals surface area contributed by atoms with Crippen molar-refractivity contribution in [2.24, 2.45) is 0 Å². The Hall–Kier alpha value is -0.540. The smallest absolute Gasteiger partial charge is 0.261 e. The Labute approximate surface area is 111 Å². The number of nitrogens with one attached hydrogen (secondary N) is 1. The van der Waals surface area contributed by atoms with Crippen molar-refractivity contribution in [3.05, 3.63) is 21.9 Å². The van der Waals surface area contributed by atoms with Crippen LogP contribution in [0.2, 0.25) is 0 Å². The molecule has 1 N–H and O–H groups in total. The maximum atomic E-state index is 12.0. The normalized spacial score (nSPS) is 24.6. The number of carbonyl (C=O) groups is 1. The van der Waals surface area contributed by atoms with Crippen LogP contribution in [0, 0.1) is 0 Å². The number of carbonyl (C=O) groups excluding carboxylic acids is 1. The van der Waals surface area contributed by atoms with Gasteiger partial charge in [-0.2, -0.15) is 0 Å². The minimum Gasteiger partial charge on any atom is -0.347 e. The second kappa shape index (κ2) is 5.87. The number of halogens is 1. The third-order valence-electron chi connectivity index (χ3n) is 3.23. The third-order valence-corrected chi connectivity index (χ3v) is 4.98. The number of rotatable bonds is 3. The van der Waals surface area contributed by atoms with Gasteiger partial charge >= 0.3 is 0 Å². The summed E-state index contributed by atoms with van der Waals surface area (Å²) in [5.41, 5.74) is 0. The van der Waals surface area contributed by atoms with Crippen LogP contribution in [-0.4, -0.2) is 17.3 Å². The molecule has 1 fully saturated rings. The number of thiophene rings is 1. The first-order chi connectivity index (χ1) is 8.20. The van der Waals surface area contributed by atoms with E-state index in [9.17, 15) is 4.79 Å². The van der Waals surface area contributed by atoms with Crippen molar-refractivity contribution in [1.29, 1.82) is 0 Å². The van der Waals surface area contributed by atoms with Crippen LogP contribution in [0.5, 0.6) is 0 Å². The monoisotopic (exact) mass is 271 g/mol. The molecule has 1 aliphatic carbocycles. The van der Waals surface area contributed by atoms with E-state index in [0.29, 0.717) is 0 Å². The van der Waals surface area contributed by atoms with Gasteiger partial charge in [-0.1, -0.05) is 19.8 Å². The topological polar surface area (TPSA) is 29.1 Å². The van der Waals surface area contributed by atoms with Crippen molar-refractivity contribution >= 4 is 28.8 Å². The van der Waals surface area contributed by atoms with E-state index in [4.69, 9.17) is 11.6 Å². The lowest BCUT2D eigenvalue weighted by atomic mass is 9.95. The van der Waals surface area contributed by atoms with Crippen LogP contribution < -0.4 is 5.32 Å². The molecular formula is C13H18ClNOS. The fourth-order valence-corrected chi connectivity index (χ4v) is 3.37. The molecule has 4 heteroatoms. The minimum absolute atomic E-state index is 0.0345. The zero-order valence-corrected chi connectivity index (χ0v) is 11.6. The molecule has 1 amide bonds. The Morgan fingerprint density at radius 2 is 2.24 bits per heavy atom. The molecule has 2 rings (SSSR count). The van der Waals surface area contributed by atoms with Gasteiger partial charge in [0, 0.05) is 10.9 Å². The fourth-order valence-electron chi connectivity index (χ4n) is 2.18. The maximum absolute atomic E-state index is 12.0. The van der Waals surface area contributed by atoms with Gasteiger partial charge in [-0.3, -0.25) is 4.79 Å². The van der Waals surface area contributed by atoms with Crippen LogP contribution in [0.25, 0.3) is 0 Å². The van der Waals surface area contributed by atoms with E-state index in [1.807, 2.05) is 12.1 Å². The third kappa shape index (κ3) is 3.23. The number of hydrogen-bond donors (Lipinski definition) is 1. The number of amides is 1. The number of alkyl halides is 1. The number of aryl methyl sites for hydroxylation is 1. The van der Waals surface area contributed by atoms with E-state index in [-0.39, 0.29) is 17.3 Å². The average molecular weight is 272 g/mol. The van der Waals surface area contributed by atoms with Crippen LogP contribution in [0.1, 0.15) is 47.2 Å². The Morgan fingerprint density at radius 3 is 2.88 bits per heavy atom. The van der Waals surface area contributed by atoms with Crippen LogP contribution in [0.15, 0.2) is 12.1 Å². The molecule has 0 bridgehead atoms. The summed E-state index contributed by atoms with van der Waals surface area (Å²) in [4.78, 5) is 14.1. The molecule has 0 aromatic carbocycles. The second-order valence-electron chi connectivity index (χ2n) is 4.50. The van der Waals surface area contributed by atoms with Gasteiger partial charge in [0.25, 0.3) is 5.91 Å². The van der Waals surface area contributed by atoms with Crippen LogP contribution in [0.4, 0.5) is 0 Å². The first kappa shape index (κ1) is 12.9. The van der Waals surface area contributed by atoms with Gasteiger partial charge in [-0.05, 0) is 31.4 Å². The van der Waals surface area contributed by atoms with Crippen molar-refractivity contribution in [3.63, 3.8) is 0 Å². The molecular weight excluding hydrogens is 254 g/mol. The predicted octanol–water partition coefficient (Wildman–Crippen LogP) is 3.59. The standard InChI is InChI=1S/C13H18ClNOS/c1-2-9-7-8-12(17-9)13(16)15-11-6-4-3-5-10(11)14/h7-8,10-11H,2-6H2,1H3,(H,15,16). The highest BCUT2D eigenvalue weighted by atomic mass is 35.5. The zero-order valence-electron chi connectivity index (χ0n) is 10.0. The van der Waals surface area contributed by atoms with Gasteiger partial charge in [0.2, 0.25) is 0 Å². The molecule has 1 aliphatic rings. The molecule has 2 atom stereocenters. The lowest BCUT2D eigenvalue weighted by Gasteiger charge is -2.27. The molecule has 1 aromatic heterocycles. The summed E-state index contributed by atoms with van der Waals surface area (Å²) >= 11 is 7.81. The molecule has 0 radical (unpaired) electrons. The maximum Gasteiger partial charge on any atom is 0.261 e. The molecule has 0 spiro atoms. The van der Waals surface area contributed by atoms with Crippen molar-refractivity contribution < 1.29 is 4.79 Å². The molecule has 17 heavy (non-hydrogen) atoms. The molecule has 94 valence electrons. The first-order valence-corrected chi connectivity index (χ1v) is 7.49. The van der Waals surface area contributed by atoms with Gasteiger partial charge in [-0.25, -0.2) is 0 Å². The highest BCUT2D eigenvalue weighted by Gasteiger charge is 2.25. The highest BCUT2D eigenvalue weighted by molar-refractivity contribution is 7.14. The predicted molar refractivity (Wildman–Crippen MR) is 73.1 cm³/mol. The average Bonchev–Trinajstić information content (AvgIpc) is 2.81. The van der Waals surface area contributed by atoms with Gasteiger partial charge in [-0.15, -0.1) is 22.9 Å². The largest absolute Gasteiger partial charge is 0.347 e. The second-order valence-corrected chi connectivity index (χ2v) is 6.23. The molecule has 0 saturated heterocycles. The summed E-state index contributed by atoms with van der Waals surface area (Å²) in [5.74, 6) is 0.0345. The zero-order chi connectivity index (χ0) is 12.3. The van der Waals surface area contributed by atoms with Crippen molar-refractivity contribution in [2.45, 2.75) is 50.4 Å². The van der Waals surface area contributed by atoms with E-state index in [1.54, 1.807) is 11.3 Å².